The molecule has 0 aliphatic heterocycles. The normalized spacial score (nSPS) is 12.4. The van der Waals surface area contributed by atoms with E-state index in [0.717, 1.165) is 6.26 Å². The summed E-state index contributed by atoms with van der Waals surface area (Å²) in [5.41, 5.74) is 0.922. The average molecular weight is 385 g/mol. The van der Waals surface area contributed by atoms with Crippen molar-refractivity contribution < 1.29 is 16.8 Å². The third kappa shape index (κ3) is 3.12. The maximum Gasteiger partial charge on any atom is 0.261 e. The van der Waals surface area contributed by atoms with E-state index < -0.39 is 19.9 Å². The topological polar surface area (TPSA) is 96.1 Å². The summed E-state index contributed by atoms with van der Waals surface area (Å²) in [7, 11) is -7.25. The Kier molecular flexibility index (Phi) is 4.06. The summed E-state index contributed by atoms with van der Waals surface area (Å²) in [5.74, 6) is 0. The van der Waals surface area contributed by atoms with Crippen LogP contribution in [0.4, 0.5) is 5.69 Å². The Bertz CT molecular complexity index is 1120. The molecule has 0 saturated carbocycles. The Morgan fingerprint density at radius 1 is 0.958 bits per heavy atom. The zero-order valence-electron chi connectivity index (χ0n) is 12.4. The fourth-order valence-electron chi connectivity index (χ4n) is 2.27. The molecule has 0 bridgehead atoms. The quantitative estimate of drug-likeness (QED) is 0.722. The summed E-state index contributed by atoms with van der Waals surface area (Å²) < 4.78 is 50.4. The van der Waals surface area contributed by atoms with E-state index in [4.69, 9.17) is 11.6 Å². The van der Waals surface area contributed by atoms with Crippen LogP contribution in [0.25, 0.3) is 10.9 Å². The number of aromatic nitrogens is 1. The number of para-hydroxylation sites is 1. The van der Waals surface area contributed by atoms with Gasteiger partial charge in [-0.3, -0.25) is 4.72 Å². The summed E-state index contributed by atoms with van der Waals surface area (Å²) in [6.45, 7) is 0. The maximum atomic E-state index is 12.5. The molecule has 3 aromatic rings. The van der Waals surface area contributed by atoms with Crippen LogP contribution in [0.1, 0.15) is 0 Å². The van der Waals surface area contributed by atoms with Crippen molar-refractivity contribution in [2.75, 3.05) is 11.0 Å². The summed E-state index contributed by atoms with van der Waals surface area (Å²) in [6.07, 6.45) is 2.63. The lowest BCUT2D eigenvalue weighted by Crippen LogP contribution is -2.13. The van der Waals surface area contributed by atoms with Crippen LogP contribution in [-0.2, 0) is 19.9 Å². The molecular formula is C15H13ClN2O4S2. The van der Waals surface area contributed by atoms with Gasteiger partial charge in [0.25, 0.3) is 10.0 Å². The van der Waals surface area contributed by atoms with Gasteiger partial charge in [-0.05, 0) is 30.3 Å². The number of fused-ring (bicyclic) bond motifs is 1. The summed E-state index contributed by atoms with van der Waals surface area (Å²) in [4.78, 5) is 2.94. The molecule has 1 aromatic heterocycles. The number of sulfone groups is 1. The van der Waals surface area contributed by atoms with Crippen LogP contribution in [0.2, 0.25) is 5.02 Å². The molecule has 126 valence electrons. The van der Waals surface area contributed by atoms with Crippen LogP contribution in [0.15, 0.2) is 58.5 Å². The molecule has 2 aromatic carbocycles. The third-order valence-corrected chi connectivity index (χ3v) is 6.29. The van der Waals surface area contributed by atoms with Crippen molar-refractivity contribution in [3.63, 3.8) is 0 Å². The smallest absolute Gasteiger partial charge is 0.261 e. The van der Waals surface area contributed by atoms with Crippen molar-refractivity contribution in [1.82, 2.24) is 4.98 Å². The van der Waals surface area contributed by atoms with Crippen molar-refractivity contribution in [3.8, 4) is 0 Å². The number of sulfonamides is 1. The molecule has 0 fully saturated rings. The number of rotatable bonds is 4. The number of nitrogens with one attached hydrogen (secondary N) is 2. The number of halogens is 1. The maximum absolute atomic E-state index is 12.5. The molecule has 0 aliphatic carbocycles. The molecule has 0 radical (unpaired) electrons. The molecule has 2 N–H and O–H groups in total. The molecule has 1 heterocycles. The monoisotopic (exact) mass is 384 g/mol. The molecule has 24 heavy (non-hydrogen) atoms. The predicted octanol–water partition coefficient (Wildman–Crippen LogP) is 3.03. The standard InChI is InChI=1S/C15H13ClN2O4S2/c1-23(19,20)10-5-7-11(8-6-10)24(21,22)18-14-4-2-3-12-13(16)9-17-15(12)14/h2-9,17-18H,1H3. The van der Waals surface area contributed by atoms with Crippen molar-refractivity contribution in [2.24, 2.45) is 0 Å². The van der Waals surface area contributed by atoms with Crippen LogP contribution in [-0.4, -0.2) is 28.1 Å². The molecule has 0 aliphatic rings. The molecule has 9 heteroatoms. The summed E-state index contributed by atoms with van der Waals surface area (Å²) >= 11 is 6.03. The highest BCUT2D eigenvalue weighted by Gasteiger charge is 2.17. The minimum Gasteiger partial charge on any atom is -0.358 e. The second kappa shape index (κ2) is 5.80. The first-order valence-electron chi connectivity index (χ1n) is 6.77. The molecule has 6 nitrogen and oxygen atoms in total. The number of benzene rings is 2. The van der Waals surface area contributed by atoms with E-state index in [1.165, 1.54) is 24.3 Å². The van der Waals surface area contributed by atoms with E-state index in [2.05, 4.69) is 9.71 Å². The fourth-order valence-corrected chi connectivity index (χ4v) is 4.19. The lowest BCUT2D eigenvalue weighted by molar-refractivity contribution is 0.597. The van der Waals surface area contributed by atoms with Gasteiger partial charge in [0.05, 0.1) is 26.0 Å². The van der Waals surface area contributed by atoms with Crippen molar-refractivity contribution in [2.45, 2.75) is 9.79 Å². The summed E-state index contributed by atoms with van der Waals surface area (Å²) in [6, 6.07) is 10.1. The van der Waals surface area contributed by atoms with Crippen LogP contribution in [0.5, 0.6) is 0 Å². The predicted molar refractivity (Wildman–Crippen MR) is 93.7 cm³/mol. The van der Waals surface area contributed by atoms with E-state index >= 15 is 0 Å². The molecule has 3 rings (SSSR count). The van der Waals surface area contributed by atoms with E-state index in [1.54, 1.807) is 24.4 Å². The van der Waals surface area contributed by atoms with Crippen molar-refractivity contribution in [1.29, 1.82) is 0 Å². The fraction of sp³-hybridized carbons (Fsp3) is 0.0667. The van der Waals surface area contributed by atoms with E-state index in [1.807, 2.05) is 0 Å². The number of hydrogen-bond donors (Lipinski definition) is 2. The van der Waals surface area contributed by atoms with Gasteiger partial charge in [-0.25, -0.2) is 16.8 Å². The van der Waals surface area contributed by atoms with Crippen LogP contribution in [0, 0.1) is 0 Å². The van der Waals surface area contributed by atoms with Gasteiger partial charge in [0.2, 0.25) is 0 Å². The van der Waals surface area contributed by atoms with Gasteiger partial charge in [-0.15, -0.1) is 0 Å². The highest BCUT2D eigenvalue weighted by molar-refractivity contribution is 7.92. The van der Waals surface area contributed by atoms with Gasteiger partial charge >= 0.3 is 0 Å². The first kappa shape index (κ1) is 16.8. The lowest BCUT2D eigenvalue weighted by Gasteiger charge is -2.09. The first-order valence-corrected chi connectivity index (χ1v) is 10.5. The molecule has 0 unspecified atom stereocenters. The number of anilines is 1. The number of aromatic amines is 1. The first-order chi connectivity index (χ1) is 11.2. The Morgan fingerprint density at radius 2 is 1.58 bits per heavy atom. The molecule has 0 amide bonds. The van der Waals surface area contributed by atoms with Crippen molar-refractivity contribution in [3.05, 3.63) is 53.7 Å². The molecule has 0 spiro atoms. The average Bonchev–Trinajstić information content (AvgIpc) is 2.89. The van der Waals surface area contributed by atoms with Gasteiger partial charge in [-0.2, -0.15) is 0 Å². The second-order valence-electron chi connectivity index (χ2n) is 5.21. The van der Waals surface area contributed by atoms with Crippen LogP contribution in [0.3, 0.4) is 0 Å². The number of hydrogen-bond acceptors (Lipinski definition) is 4. The third-order valence-electron chi connectivity index (χ3n) is 3.47. The zero-order chi connectivity index (χ0) is 17.5. The van der Waals surface area contributed by atoms with Gasteiger partial charge in [-0.1, -0.05) is 23.7 Å². The van der Waals surface area contributed by atoms with Gasteiger partial charge in [0.1, 0.15) is 0 Å². The highest BCUT2D eigenvalue weighted by Crippen LogP contribution is 2.29. The SMILES string of the molecule is CS(=O)(=O)c1ccc(S(=O)(=O)Nc2cccc3c(Cl)c[nH]c23)cc1. The summed E-state index contributed by atoms with van der Waals surface area (Å²) in [5, 5.41) is 1.19. The molecular weight excluding hydrogens is 372 g/mol. The van der Waals surface area contributed by atoms with E-state index in [-0.39, 0.29) is 9.79 Å². The van der Waals surface area contributed by atoms with Crippen LogP contribution < -0.4 is 4.72 Å². The van der Waals surface area contributed by atoms with Crippen molar-refractivity contribution >= 4 is 48.1 Å². The minimum absolute atomic E-state index is 0.0374. The Morgan fingerprint density at radius 3 is 2.21 bits per heavy atom. The Hall–Kier alpha value is -2.03. The lowest BCUT2D eigenvalue weighted by atomic mass is 10.2. The molecule has 0 saturated heterocycles. The van der Waals surface area contributed by atoms with Gasteiger partial charge < -0.3 is 4.98 Å². The Labute approximate surface area is 144 Å². The number of H-pyrrole nitrogens is 1. The Balaban J connectivity index is 1.99. The van der Waals surface area contributed by atoms with E-state index in [9.17, 15) is 16.8 Å². The second-order valence-corrected chi connectivity index (χ2v) is 9.32. The van der Waals surface area contributed by atoms with Crippen LogP contribution >= 0.6 is 11.6 Å². The zero-order valence-corrected chi connectivity index (χ0v) is 14.8. The largest absolute Gasteiger partial charge is 0.358 e. The minimum atomic E-state index is -3.87. The van der Waals surface area contributed by atoms with Gasteiger partial charge in [0.15, 0.2) is 9.84 Å². The van der Waals surface area contributed by atoms with Gasteiger partial charge in [0, 0.05) is 17.8 Å². The highest BCUT2D eigenvalue weighted by atomic mass is 35.5. The van der Waals surface area contributed by atoms with E-state index in [0.29, 0.717) is 21.6 Å². The molecule has 0 atom stereocenters.